The molecule has 1 amide bonds. The van der Waals surface area contributed by atoms with Crippen molar-refractivity contribution in [2.24, 2.45) is 0 Å². The molecule has 5 nitrogen and oxygen atoms in total. The number of aromatic nitrogens is 1. The van der Waals surface area contributed by atoms with Crippen LogP contribution < -0.4 is 10.6 Å². The first-order chi connectivity index (χ1) is 7.25. The van der Waals surface area contributed by atoms with Crippen molar-refractivity contribution >= 4 is 5.91 Å². The van der Waals surface area contributed by atoms with Gasteiger partial charge in [-0.05, 0) is 19.4 Å². The van der Waals surface area contributed by atoms with Crippen molar-refractivity contribution in [2.45, 2.75) is 25.8 Å². The lowest BCUT2D eigenvalue weighted by Gasteiger charge is -2.23. The highest BCUT2D eigenvalue weighted by Crippen LogP contribution is 2.04. The smallest absolute Gasteiger partial charge is 0.273 e. The van der Waals surface area contributed by atoms with Crippen molar-refractivity contribution in [1.29, 1.82) is 0 Å². The van der Waals surface area contributed by atoms with Crippen molar-refractivity contribution in [3.8, 4) is 0 Å². The Bertz CT molecular complexity index is 342. The fourth-order valence-electron chi connectivity index (χ4n) is 1.70. The average Bonchev–Trinajstić information content (AvgIpc) is 2.66. The molecule has 1 atom stereocenters. The molecule has 2 heterocycles. The molecule has 15 heavy (non-hydrogen) atoms. The van der Waals surface area contributed by atoms with E-state index in [-0.39, 0.29) is 11.9 Å². The number of carbonyl (C=O) groups excluding carboxylic acids is 1. The normalized spacial score (nSPS) is 21.3. The summed E-state index contributed by atoms with van der Waals surface area (Å²) in [5.74, 6) is 0.363. The van der Waals surface area contributed by atoms with Crippen LogP contribution in [-0.2, 0) is 0 Å². The number of aryl methyl sites for hydroxylation is 1. The fourth-order valence-corrected chi connectivity index (χ4v) is 1.70. The minimum Gasteiger partial charge on any atom is -0.448 e. The first-order valence-corrected chi connectivity index (χ1v) is 5.19. The van der Waals surface area contributed by atoms with Crippen LogP contribution in [0.1, 0.15) is 29.2 Å². The molecule has 1 aromatic rings. The highest BCUT2D eigenvalue weighted by atomic mass is 16.3. The van der Waals surface area contributed by atoms with Gasteiger partial charge in [0, 0.05) is 19.5 Å². The number of hydrogen-bond donors (Lipinski definition) is 2. The summed E-state index contributed by atoms with van der Waals surface area (Å²) in [6.45, 7) is 3.59. The molecule has 0 aliphatic carbocycles. The molecule has 5 heteroatoms. The third-order valence-corrected chi connectivity index (χ3v) is 2.48. The summed E-state index contributed by atoms with van der Waals surface area (Å²) in [6.07, 6.45) is 3.51. The van der Waals surface area contributed by atoms with E-state index in [1.54, 1.807) is 6.92 Å². The number of piperidine rings is 1. The molecular formula is C10H15N3O2. The Morgan fingerprint density at radius 2 is 2.60 bits per heavy atom. The zero-order chi connectivity index (χ0) is 10.7. The fraction of sp³-hybridized carbons (Fsp3) is 0.600. The quantitative estimate of drug-likeness (QED) is 0.742. The Morgan fingerprint density at radius 3 is 3.20 bits per heavy atom. The van der Waals surface area contributed by atoms with Gasteiger partial charge in [0.05, 0.1) is 0 Å². The lowest BCUT2D eigenvalue weighted by atomic mass is 10.1. The highest BCUT2D eigenvalue weighted by molar-refractivity contribution is 5.92. The van der Waals surface area contributed by atoms with Gasteiger partial charge in [-0.15, -0.1) is 0 Å². The second kappa shape index (κ2) is 4.44. The van der Waals surface area contributed by atoms with Crippen molar-refractivity contribution in [3.05, 3.63) is 17.8 Å². The first-order valence-electron chi connectivity index (χ1n) is 5.19. The van der Waals surface area contributed by atoms with Gasteiger partial charge in [-0.2, -0.15) is 0 Å². The maximum Gasteiger partial charge on any atom is 0.273 e. The molecule has 1 saturated heterocycles. The van der Waals surface area contributed by atoms with Gasteiger partial charge < -0.3 is 15.1 Å². The van der Waals surface area contributed by atoms with Crippen LogP contribution in [0.15, 0.2) is 10.7 Å². The van der Waals surface area contributed by atoms with Gasteiger partial charge in [-0.1, -0.05) is 0 Å². The number of rotatable bonds is 2. The average molecular weight is 209 g/mol. The topological polar surface area (TPSA) is 67.2 Å². The molecule has 0 unspecified atom stereocenters. The summed E-state index contributed by atoms with van der Waals surface area (Å²) < 4.78 is 4.99. The molecule has 0 radical (unpaired) electrons. The van der Waals surface area contributed by atoms with Crippen molar-refractivity contribution in [1.82, 2.24) is 15.6 Å². The minimum absolute atomic E-state index is 0.152. The molecule has 1 aliphatic rings. The van der Waals surface area contributed by atoms with E-state index in [1.165, 1.54) is 6.26 Å². The Balaban J connectivity index is 1.91. The Morgan fingerprint density at radius 1 is 1.73 bits per heavy atom. The molecule has 2 N–H and O–H groups in total. The third-order valence-electron chi connectivity index (χ3n) is 2.48. The van der Waals surface area contributed by atoms with Gasteiger partial charge in [-0.3, -0.25) is 4.79 Å². The minimum atomic E-state index is -0.152. The molecule has 0 aromatic carbocycles. The number of nitrogens with zero attached hydrogens (tertiary/aromatic N) is 1. The monoisotopic (exact) mass is 209 g/mol. The molecule has 0 spiro atoms. The van der Waals surface area contributed by atoms with E-state index in [0.717, 1.165) is 25.9 Å². The van der Waals surface area contributed by atoms with Crippen molar-refractivity contribution < 1.29 is 9.21 Å². The second-order valence-corrected chi connectivity index (χ2v) is 3.77. The molecular weight excluding hydrogens is 194 g/mol. The molecule has 1 aromatic heterocycles. The summed E-state index contributed by atoms with van der Waals surface area (Å²) in [4.78, 5) is 15.6. The van der Waals surface area contributed by atoms with Gasteiger partial charge in [0.25, 0.3) is 5.91 Å². The van der Waals surface area contributed by atoms with Crippen LogP contribution in [0.5, 0.6) is 0 Å². The number of nitrogens with one attached hydrogen (secondary N) is 2. The summed E-state index contributed by atoms with van der Waals surface area (Å²) >= 11 is 0. The lowest BCUT2D eigenvalue weighted by Crippen LogP contribution is -2.45. The van der Waals surface area contributed by atoms with Crippen LogP contribution in [0, 0.1) is 6.92 Å². The van der Waals surface area contributed by atoms with Crippen molar-refractivity contribution in [2.75, 3.05) is 13.1 Å². The standard InChI is InChI=1S/C10H15N3O2/c1-7-12-9(6-15-7)10(14)13-8-3-2-4-11-5-8/h6,8,11H,2-5H2,1H3,(H,13,14)/t8-/m1/s1. The molecule has 1 fully saturated rings. The van der Waals surface area contributed by atoms with E-state index in [9.17, 15) is 4.79 Å². The highest BCUT2D eigenvalue weighted by Gasteiger charge is 2.17. The number of amides is 1. The maximum absolute atomic E-state index is 11.7. The second-order valence-electron chi connectivity index (χ2n) is 3.77. The van der Waals surface area contributed by atoms with Gasteiger partial charge in [0.15, 0.2) is 11.6 Å². The summed E-state index contributed by atoms with van der Waals surface area (Å²) in [6, 6.07) is 0.211. The largest absolute Gasteiger partial charge is 0.448 e. The van der Waals surface area contributed by atoms with Gasteiger partial charge in [0.1, 0.15) is 6.26 Å². The Labute approximate surface area is 88.3 Å². The number of carbonyl (C=O) groups is 1. The number of hydrogen-bond acceptors (Lipinski definition) is 4. The molecule has 0 saturated carbocycles. The Kier molecular flexibility index (Phi) is 3.01. The lowest BCUT2D eigenvalue weighted by molar-refractivity contribution is 0.0925. The van der Waals surface area contributed by atoms with Crippen LogP contribution >= 0.6 is 0 Å². The predicted molar refractivity (Wildman–Crippen MR) is 54.6 cm³/mol. The molecule has 1 aliphatic heterocycles. The first kappa shape index (κ1) is 10.2. The predicted octanol–water partition coefficient (Wildman–Crippen LogP) is 0.465. The van der Waals surface area contributed by atoms with Crippen molar-refractivity contribution in [3.63, 3.8) is 0 Å². The van der Waals surface area contributed by atoms with Crippen LogP contribution in [0.4, 0.5) is 0 Å². The van der Waals surface area contributed by atoms with Gasteiger partial charge in [0.2, 0.25) is 0 Å². The zero-order valence-corrected chi connectivity index (χ0v) is 8.75. The molecule has 2 rings (SSSR count). The third kappa shape index (κ3) is 2.56. The molecule has 82 valence electrons. The van der Waals surface area contributed by atoms with E-state index in [1.807, 2.05) is 0 Å². The van der Waals surface area contributed by atoms with Crippen LogP contribution in [0.2, 0.25) is 0 Å². The van der Waals surface area contributed by atoms with E-state index >= 15 is 0 Å². The maximum atomic E-state index is 11.7. The van der Waals surface area contributed by atoms with Crippen LogP contribution in [0.25, 0.3) is 0 Å². The van der Waals surface area contributed by atoms with E-state index in [4.69, 9.17) is 4.42 Å². The number of oxazole rings is 1. The van der Waals surface area contributed by atoms with E-state index in [2.05, 4.69) is 15.6 Å². The van der Waals surface area contributed by atoms with Crippen LogP contribution in [-0.4, -0.2) is 30.0 Å². The summed E-state index contributed by atoms with van der Waals surface area (Å²) in [7, 11) is 0. The Hall–Kier alpha value is -1.36. The van der Waals surface area contributed by atoms with Crippen LogP contribution in [0.3, 0.4) is 0 Å². The van der Waals surface area contributed by atoms with Gasteiger partial charge >= 0.3 is 0 Å². The van der Waals surface area contributed by atoms with E-state index in [0.29, 0.717) is 11.6 Å². The summed E-state index contributed by atoms with van der Waals surface area (Å²) in [5, 5.41) is 6.16. The van der Waals surface area contributed by atoms with Gasteiger partial charge in [-0.25, -0.2) is 4.98 Å². The summed E-state index contributed by atoms with van der Waals surface area (Å²) in [5.41, 5.74) is 0.359. The molecule has 0 bridgehead atoms. The SMILES string of the molecule is Cc1nc(C(=O)N[C@@H]2CCCNC2)co1. The van der Waals surface area contributed by atoms with E-state index < -0.39 is 0 Å². The zero-order valence-electron chi connectivity index (χ0n) is 8.75.